The fourth-order valence-electron chi connectivity index (χ4n) is 0.603. The summed E-state index contributed by atoms with van der Waals surface area (Å²) in [6.07, 6.45) is -0.0810. The molecular formula is C6H12NO4P. The second-order valence-electron chi connectivity index (χ2n) is 2.72. The van der Waals surface area contributed by atoms with Gasteiger partial charge in [0.25, 0.3) is 0 Å². The van der Waals surface area contributed by atoms with E-state index in [-0.39, 0.29) is 12.8 Å². The molecule has 0 fully saturated rings. The number of carbonyl (C=O) groups is 2. The molecule has 3 N–H and O–H groups in total. The molecule has 0 aromatic rings. The number of carboxylic acids is 1. The molecule has 70 valence electrons. The minimum atomic E-state index is -1.22. The SMILES string of the molecule is C[C@@](N)(CCC(=O)O)C(=O)OP. The van der Waals surface area contributed by atoms with Gasteiger partial charge in [-0.1, -0.05) is 0 Å². The number of carboxylic acid groups (broad SMARTS) is 1. The van der Waals surface area contributed by atoms with Gasteiger partial charge in [0.2, 0.25) is 0 Å². The molecule has 5 nitrogen and oxygen atoms in total. The van der Waals surface area contributed by atoms with Crippen molar-refractivity contribution in [3.05, 3.63) is 0 Å². The lowest BCUT2D eigenvalue weighted by Gasteiger charge is -2.19. The summed E-state index contributed by atoms with van der Waals surface area (Å²) in [6.45, 7) is 1.43. The molecule has 0 rings (SSSR count). The van der Waals surface area contributed by atoms with Crippen molar-refractivity contribution in [2.24, 2.45) is 5.73 Å². The second kappa shape index (κ2) is 4.38. The second-order valence-corrected chi connectivity index (χ2v) is 2.95. The lowest BCUT2D eigenvalue weighted by molar-refractivity contribution is -0.140. The van der Waals surface area contributed by atoms with E-state index >= 15 is 0 Å². The molecule has 0 saturated carbocycles. The molecule has 0 aromatic carbocycles. The summed E-state index contributed by atoms with van der Waals surface area (Å²) in [4.78, 5) is 21.0. The topological polar surface area (TPSA) is 89.6 Å². The van der Waals surface area contributed by atoms with E-state index in [1.807, 2.05) is 0 Å². The zero-order chi connectivity index (χ0) is 9.78. The smallest absolute Gasteiger partial charge is 0.327 e. The van der Waals surface area contributed by atoms with E-state index < -0.39 is 17.5 Å². The van der Waals surface area contributed by atoms with Crippen LogP contribution in [-0.2, 0) is 14.1 Å². The van der Waals surface area contributed by atoms with Crippen LogP contribution in [0.2, 0.25) is 0 Å². The molecule has 0 bridgehead atoms. The fraction of sp³-hybridized carbons (Fsp3) is 0.667. The van der Waals surface area contributed by atoms with Crippen LogP contribution in [0.15, 0.2) is 0 Å². The molecule has 0 spiro atoms. The highest BCUT2D eigenvalue weighted by atomic mass is 31.0. The Morgan fingerprint density at radius 3 is 2.50 bits per heavy atom. The zero-order valence-electron chi connectivity index (χ0n) is 6.74. The Hall–Kier alpha value is -0.670. The van der Waals surface area contributed by atoms with E-state index in [0.717, 1.165) is 0 Å². The molecule has 0 aliphatic heterocycles. The zero-order valence-corrected chi connectivity index (χ0v) is 7.90. The van der Waals surface area contributed by atoms with Gasteiger partial charge in [-0.25, -0.2) is 4.79 Å². The van der Waals surface area contributed by atoms with Crippen molar-refractivity contribution < 1.29 is 19.2 Å². The maximum Gasteiger partial charge on any atom is 0.327 e. The minimum Gasteiger partial charge on any atom is -0.481 e. The highest BCUT2D eigenvalue weighted by Crippen LogP contribution is 2.12. The van der Waals surface area contributed by atoms with E-state index in [1.165, 1.54) is 6.92 Å². The van der Waals surface area contributed by atoms with Gasteiger partial charge in [-0.3, -0.25) is 4.79 Å². The van der Waals surface area contributed by atoms with E-state index in [2.05, 4.69) is 4.52 Å². The van der Waals surface area contributed by atoms with Crippen LogP contribution in [0.1, 0.15) is 19.8 Å². The van der Waals surface area contributed by atoms with Gasteiger partial charge in [0.1, 0.15) is 5.54 Å². The number of rotatable bonds is 4. The summed E-state index contributed by atoms with van der Waals surface area (Å²) in [5, 5.41) is 8.32. The van der Waals surface area contributed by atoms with Crippen LogP contribution in [0.5, 0.6) is 0 Å². The Kier molecular flexibility index (Phi) is 4.13. The Balaban J connectivity index is 4.03. The van der Waals surface area contributed by atoms with Crippen molar-refractivity contribution in [3.8, 4) is 0 Å². The third-order valence-electron chi connectivity index (χ3n) is 1.43. The maximum absolute atomic E-state index is 10.9. The number of carbonyl (C=O) groups excluding carboxylic acids is 1. The molecule has 12 heavy (non-hydrogen) atoms. The van der Waals surface area contributed by atoms with Gasteiger partial charge in [-0.05, 0) is 13.3 Å². The van der Waals surface area contributed by atoms with Gasteiger partial charge in [0, 0.05) is 6.42 Å². The quantitative estimate of drug-likeness (QED) is 0.608. The summed E-state index contributed by atoms with van der Waals surface area (Å²) in [5.74, 6) is -1.61. The normalized spacial score (nSPS) is 14.9. The minimum absolute atomic E-state index is 0.0650. The molecule has 6 heteroatoms. The van der Waals surface area contributed by atoms with E-state index in [1.54, 1.807) is 9.47 Å². The Labute approximate surface area is 72.6 Å². The molecule has 0 aliphatic carbocycles. The predicted molar refractivity (Wildman–Crippen MR) is 45.3 cm³/mol. The largest absolute Gasteiger partial charge is 0.481 e. The Bertz CT molecular complexity index is 192. The van der Waals surface area contributed by atoms with Crippen molar-refractivity contribution in [1.82, 2.24) is 0 Å². The molecule has 0 heterocycles. The van der Waals surface area contributed by atoms with Crippen LogP contribution in [0.4, 0.5) is 0 Å². The molecule has 1 unspecified atom stereocenters. The maximum atomic E-state index is 10.9. The van der Waals surface area contributed by atoms with Crippen molar-refractivity contribution in [2.45, 2.75) is 25.3 Å². The van der Waals surface area contributed by atoms with Crippen LogP contribution in [-0.4, -0.2) is 22.6 Å². The average Bonchev–Trinajstić information content (AvgIpc) is 1.99. The molecule has 0 aromatic heterocycles. The van der Waals surface area contributed by atoms with Crippen LogP contribution >= 0.6 is 9.47 Å². The highest BCUT2D eigenvalue weighted by Gasteiger charge is 2.29. The van der Waals surface area contributed by atoms with Gasteiger partial charge in [-0.15, -0.1) is 0 Å². The van der Waals surface area contributed by atoms with Crippen molar-refractivity contribution in [3.63, 3.8) is 0 Å². The van der Waals surface area contributed by atoms with Crippen molar-refractivity contribution in [2.75, 3.05) is 0 Å². The van der Waals surface area contributed by atoms with E-state index in [4.69, 9.17) is 10.8 Å². The fourth-order valence-corrected chi connectivity index (χ4v) is 0.873. The van der Waals surface area contributed by atoms with Crippen molar-refractivity contribution in [1.29, 1.82) is 0 Å². The van der Waals surface area contributed by atoms with Gasteiger partial charge < -0.3 is 15.4 Å². The van der Waals surface area contributed by atoms with Crippen LogP contribution in [0, 0.1) is 0 Å². The standard InChI is InChI=1S/C6H12NO4P/c1-6(7,5(10)11-12)3-2-4(8)9/h2-3,7,12H2,1H3,(H,8,9)/t6-/m1/s1. The number of hydrogen-bond acceptors (Lipinski definition) is 4. The molecule has 0 radical (unpaired) electrons. The lowest BCUT2D eigenvalue weighted by atomic mass is 9.98. The first-order chi connectivity index (χ1) is 5.40. The molecule has 2 atom stereocenters. The van der Waals surface area contributed by atoms with Gasteiger partial charge in [0.15, 0.2) is 0 Å². The first-order valence-electron chi connectivity index (χ1n) is 3.32. The first-order valence-corrected chi connectivity index (χ1v) is 3.79. The number of nitrogens with two attached hydrogens (primary N) is 1. The Morgan fingerprint density at radius 1 is 1.67 bits per heavy atom. The summed E-state index contributed by atoms with van der Waals surface area (Å²) < 4.78 is 4.31. The van der Waals surface area contributed by atoms with Crippen LogP contribution in [0.25, 0.3) is 0 Å². The average molecular weight is 193 g/mol. The summed E-state index contributed by atoms with van der Waals surface area (Å²) in [5.41, 5.74) is 4.25. The van der Waals surface area contributed by atoms with E-state index in [9.17, 15) is 9.59 Å². The Morgan fingerprint density at radius 2 is 2.17 bits per heavy atom. The van der Waals surface area contributed by atoms with Gasteiger partial charge in [-0.2, -0.15) is 0 Å². The summed E-state index contributed by atoms with van der Waals surface area (Å²) in [6, 6.07) is 0. The summed E-state index contributed by atoms with van der Waals surface area (Å²) >= 11 is 0. The molecule has 0 aliphatic rings. The van der Waals surface area contributed by atoms with Crippen LogP contribution < -0.4 is 5.73 Å². The highest BCUT2D eigenvalue weighted by molar-refractivity contribution is 7.10. The van der Waals surface area contributed by atoms with Crippen LogP contribution in [0.3, 0.4) is 0 Å². The molecular weight excluding hydrogens is 181 g/mol. The van der Waals surface area contributed by atoms with Crippen molar-refractivity contribution >= 4 is 21.4 Å². The van der Waals surface area contributed by atoms with Gasteiger partial charge in [0.05, 0.1) is 9.47 Å². The number of aliphatic carboxylic acids is 1. The monoisotopic (exact) mass is 193 g/mol. The third kappa shape index (κ3) is 3.64. The molecule has 0 saturated heterocycles. The predicted octanol–water partition coefficient (Wildman–Crippen LogP) is -0.0981. The third-order valence-corrected chi connectivity index (χ3v) is 1.65. The number of hydrogen-bond donors (Lipinski definition) is 2. The van der Waals surface area contributed by atoms with E-state index in [0.29, 0.717) is 0 Å². The van der Waals surface area contributed by atoms with Gasteiger partial charge >= 0.3 is 11.9 Å². The molecule has 0 amide bonds. The lowest BCUT2D eigenvalue weighted by Crippen LogP contribution is -2.45. The first kappa shape index (κ1) is 11.3. The summed E-state index contributed by atoms with van der Waals surface area (Å²) in [7, 11) is 1.78.